The van der Waals surface area contributed by atoms with Crippen molar-refractivity contribution in [3.8, 4) is 22.7 Å². The summed E-state index contributed by atoms with van der Waals surface area (Å²) in [4.78, 5) is 33.2. The molecule has 0 aliphatic carbocycles. The molecule has 1 aliphatic heterocycles. The average Bonchev–Trinajstić information content (AvgIpc) is 3.74. The number of thiophene rings is 1. The summed E-state index contributed by atoms with van der Waals surface area (Å²) in [6, 6.07) is 20.8. The summed E-state index contributed by atoms with van der Waals surface area (Å²) in [5.41, 5.74) is 4.00. The van der Waals surface area contributed by atoms with Gasteiger partial charge in [-0.1, -0.05) is 35.6 Å². The van der Waals surface area contributed by atoms with Gasteiger partial charge in [0.2, 0.25) is 0 Å². The van der Waals surface area contributed by atoms with Crippen LogP contribution in [0.4, 0.5) is 0 Å². The zero-order valence-electron chi connectivity index (χ0n) is 23.3. The maximum absolute atomic E-state index is 14.1. The summed E-state index contributed by atoms with van der Waals surface area (Å²) in [5.74, 6) is 0.313. The number of para-hydroxylation sites is 1. The number of benzene rings is 2. The number of nitrogens with zero attached hydrogens (tertiary/aromatic N) is 4. The van der Waals surface area contributed by atoms with E-state index in [1.165, 1.54) is 22.7 Å². The zero-order chi connectivity index (χ0) is 29.2. The van der Waals surface area contributed by atoms with Gasteiger partial charge in [-0.25, -0.2) is 14.5 Å². The van der Waals surface area contributed by atoms with Gasteiger partial charge >= 0.3 is 5.97 Å². The number of aromatic nitrogens is 3. The van der Waals surface area contributed by atoms with Crippen LogP contribution in [0.2, 0.25) is 0 Å². The van der Waals surface area contributed by atoms with E-state index in [0.717, 1.165) is 33.1 Å². The molecule has 0 spiro atoms. The largest absolute Gasteiger partial charge is 0.494 e. The van der Waals surface area contributed by atoms with E-state index < -0.39 is 12.0 Å². The Labute approximate surface area is 250 Å². The van der Waals surface area contributed by atoms with Crippen LogP contribution >= 0.6 is 22.7 Å². The topological polar surface area (TPSA) is 87.7 Å². The van der Waals surface area contributed by atoms with Crippen LogP contribution in [0, 0.1) is 0 Å². The fourth-order valence-corrected chi connectivity index (χ4v) is 6.82. The third kappa shape index (κ3) is 5.15. The van der Waals surface area contributed by atoms with Gasteiger partial charge in [0.1, 0.15) is 17.5 Å². The molecule has 0 fully saturated rings. The molecule has 0 saturated carbocycles. The predicted molar refractivity (Wildman–Crippen MR) is 165 cm³/mol. The molecule has 0 saturated heterocycles. The van der Waals surface area contributed by atoms with E-state index >= 15 is 0 Å². The van der Waals surface area contributed by atoms with Crippen LogP contribution in [0.15, 0.2) is 99.4 Å². The third-order valence-corrected chi connectivity index (χ3v) is 8.73. The van der Waals surface area contributed by atoms with Crippen LogP contribution in [-0.4, -0.2) is 33.5 Å². The Kier molecular flexibility index (Phi) is 7.73. The molecule has 8 nitrogen and oxygen atoms in total. The Morgan fingerprint density at radius 2 is 1.81 bits per heavy atom. The molecule has 2 aromatic carbocycles. The van der Waals surface area contributed by atoms with Crippen molar-refractivity contribution in [3.05, 3.63) is 120 Å². The maximum atomic E-state index is 14.1. The highest BCUT2D eigenvalue weighted by Gasteiger charge is 2.34. The first kappa shape index (κ1) is 27.6. The van der Waals surface area contributed by atoms with E-state index in [1.807, 2.05) is 96.0 Å². The van der Waals surface area contributed by atoms with Crippen LogP contribution in [-0.2, 0) is 9.53 Å². The number of hydrogen-bond donors (Lipinski definition) is 0. The molecule has 6 rings (SSSR count). The monoisotopic (exact) mass is 596 g/mol. The van der Waals surface area contributed by atoms with Crippen LogP contribution < -0.4 is 19.6 Å². The van der Waals surface area contributed by atoms with Crippen LogP contribution in [0.25, 0.3) is 23.0 Å². The highest BCUT2D eigenvalue weighted by Crippen LogP contribution is 2.33. The second-order valence-electron chi connectivity index (χ2n) is 9.49. The molecule has 3 aromatic heterocycles. The molecule has 4 heterocycles. The quantitative estimate of drug-likeness (QED) is 0.232. The Bertz CT molecular complexity index is 1950. The Balaban J connectivity index is 1.52. The first-order valence-electron chi connectivity index (χ1n) is 13.6. The summed E-state index contributed by atoms with van der Waals surface area (Å²) < 4.78 is 14.9. The number of carbonyl (C=O) groups is 1. The number of ether oxygens (including phenoxy) is 2. The van der Waals surface area contributed by atoms with Gasteiger partial charge in [0.05, 0.1) is 34.7 Å². The molecule has 1 atom stereocenters. The second kappa shape index (κ2) is 11.8. The summed E-state index contributed by atoms with van der Waals surface area (Å²) in [7, 11) is 0. The zero-order valence-corrected chi connectivity index (χ0v) is 24.9. The van der Waals surface area contributed by atoms with Gasteiger partial charge in [-0.3, -0.25) is 9.36 Å². The van der Waals surface area contributed by atoms with E-state index in [0.29, 0.717) is 27.2 Å². The highest BCUT2D eigenvalue weighted by atomic mass is 32.1. The van der Waals surface area contributed by atoms with Gasteiger partial charge in [-0.05, 0) is 74.7 Å². The third-order valence-electron chi connectivity index (χ3n) is 6.82. The molecule has 0 radical (unpaired) electrons. The maximum Gasteiger partial charge on any atom is 0.338 e. The first-order chi connectivity index (χ1) is 20.5. The lowest BCUT2D eigenvalue weighted by atomic mass is 10.0. The van der Waals surface area contributed by atoms with Crippen LogP contribution in [0.3, 0.4) is 0 Å². The molecule has 42 heavy (non-hydrogen) atoms. The van der Waals surface area contributed by atoms with E-state index in [1.54, 1.807) is 18.4 Å². The molecule has 212 valence electrons. The minimum absolute atomic E-state index is 0.225. The fraction of sp³-hybridized carbons (Fsp3) is 0.188. The van der Waals surface area contributed by atoms with Crippen molar-refractivity contribution in [3.63, 3.8) is 0 Å². The van der Waals surface area contributed by atoms with Gasteiger partial charge in [0.15, 0.2) is 4.80 Å². The lowest BCUT2D eigenvalue weighted by Gasteiger charge is -2.23. The molecule has 0 amide bonds. The molecular formula is C32H28N4O4S2. The molecule has 0 unspecified atom stereocenters. The van der Waals surface area contributed by atoms with E-state index in [2.05, 4.69) is 4.99 Å². The number of esters is 1. The van der Waals surface area contributed by atoms with Crippen LogP contribution in [0.1, 0.15) is 37.3 Å². The lowest BCUT2D eigenvalue weighted by Crippen LogP contribution is -2.39. The first-order valence-corrected chi connectivity index (χ1v) is 15.3. The van der Waals surface area contributed by atoms with Crippen molar-refractivity contribution in [2.24, 2.45) is 4.99 Å². The van der Waals surface area contributed by atoms with Gasteiger partial charge in [-0.2, -0.15) is 5.10 Å². The van der Waals surface area contributed by atoms with Crippen LogP contribution in [0.5, 0.6) is 5.75 Å². The minimum atomic E-state index is -0.611. The number of allylic oxidation sites excluding steroid dienone is 1. The van der Waals surface area contributed by atoms with Gasteiger partial charge in [-0.15, -0.1) is 11.3 Å². The summed E-state index contributed by atoms with van der Waals surface area (Å²) >= 11 is 2.79. The molecule has 0 N–H and O–H groups in total. The van der Waals surface area contributed by atoms with Gasteiger partial charge in [0, 0.05) is 22.2 Å². The number of rotatable bonds is 8. The van der Waals surface area contributed by atoms with Crippen molar-refractivity contribution in [1.29, 1.82) is 0 Å². The Morgan fingerprint density at radius 1 is 1.02 bits per heavy atom. The minimum Gasteiger partial charge on any atom is -0.494 e. The number of thiazole rings is 1. The van der Waals surface area contributed by atoms with E-state index in [9.17, 15) is 9.59 Å². The Hall–Kier alpha value is -4.54. The summed E-state index contributed by atoms with van der Waals surface area (Å²) in [6.07, 6.45) is 3.78. The molecule has 10 heteroatoms. The standard InChI is InChI=1S/C32H28N4O4S2/c1-4-39-24-15-13-21(14-16-24)28-22(19-35(34-28)23-10-7-6-8-11-23)18-26-30(37)36-29(25-12-9-17-41-25)27(31(38)40-5-2)20(3)33-32(36)42-26/h6-19,29H,4-5H2,1-3H3/b26-18+/t29-/m1/s1. The van der Waals surface area contributed by atoms with Gasteiger partial charge in [0.25, 0.3) is 5.56 Å². The highest BCUT2D eigenvalue weighted by molar-refractivity contribution is 7.10. The predicted octanol–water partition coefficient (Wildman–Crippen LogP) is 5.11. The summed E-state index contributed by atoms with van der Waals surface area (Å²) in [5, 5.41) is 6.84. The average molecular weight is 597 g/mol. The summed E-state index contributed by atoms with van der Waals surface area (Å²) in [6.45, 7) is 6.32. The second-order valence-corrected chi connectivity index (χ2v) is 11.5. The SMILES string of the molecule is CCOC(=O)C1=C(C)N=c2s/c(=C/c3cn(-c4ccccc4)nc3-c3ccc(OCC)cc3)c(=O)n2[C@@H]1c1cccs1. The van der Waals surface area contributed by atoms with Crippen molar-refractivity contribution in [2.45, 2.75) is 26.8 Å². The van der Waals surface area contributed by atoms with E-state index in [4.69, 9.17) is 14.6 Å². The fourth-order valence-electron chi connectivity index (χ4n) is 4.95. The normalized spacial score (nSPS) is 14.9. The molecule has 5 aromatic rings. The van der Waals surface area contributed by atoms with Gasteiger partial charge < -0.3 is 9.47 Å². The number of carbonyl (C=O) groups excluding carboxylic acids is 1. The lowest BCUT2D eigenvalue weighted by molar-refractivity contribution is -0.139. The van der Waals surface area contributed by atoms with Crippen molar-refractivity contribution in [1.82, 2.24) is 14.3 Å². The van der Waals surface area contributed by atoms with Crippen molar-refractivity contribution in [2.75, 3.05) is 13.2 Å². The Morgan fingerprint density at radius 3 is 2.50 bits per heavy atom. The molecule has 0 bridgehead atoms. The smallest absolute Gasteiger partial charge is 0.338 e. The van der Waals surface area contributed by atoms with E-state index in [-0.39, 0.29) is 12.2 Å². The number of fused-ring (bicyclic) bond motifs is 1. The number of hydrogen-bond acceptors (Lipinski definition) is 8. The van der Waals surface area contributed by atoms with Crippen molar-refractivity contribution < 1.29 is 14.3 Å². The van der Waals surface area contributed by atoms with Crippen molar-refractivity contribution >= 4 is 34.7 Å². The molecular weight excluding hydrogens is 569 g/mol. The molecule has 1 aliphatic rings.